The number of para-hydroxylation sites is 2. The average molecular weight is 431 g/mol. The fourth-order valence-corrected chi connectivity index (χ4v) is 4.32. The fraction of sp³-hybridized carbons (Fsp3) is 0.375. The van der Waals surface area contributed by atoms with E-state index in [1.165, 1.54) is 0 Å². The van der Waals surface area contributed by atoms with Gasteiger partial charge < -0.3 is 15.4 Å². The summed E-state index contributed by atoms with van der Waals surface area (Å²) in [5.41, 5.74) is 3.85. The number of aromatic nitrogens is 3. The predicted octanol–water partition coefficient (Wildman–Crippen LogP) is 2.67. The van der Waals surface area contributed by atoms with Gasteiger partial charge in [-0.15, -0.1) is 0 Å². The molecule has 8 heteroatoms. The third-order valence-corrected chi connectivity index (χ3v) is 6.21. The van der Waals surface area contributed by atoms with E-state index >= 15 is 0 Å². The minimum atomic E-state index is -0.0672. The Kier molecular flexibility index (Phi) is 4.88. The topological polar surface area (TPSA) is 83.8 Å². The molecule has 32 heavy (non-hydrogen) atoms. The highest BCUT2D eigenvalue weighted by Crippen LogP contribution is 2.27. The van der Waals surface area contributed by atoms with Gasteiger partial charge in [0.05, 0.1) is 29.8 Å². The number of benzene rings is 1. The van der Waals surface area contributed by atoms with Gasteiger partial charge in [-0.2, -0.15) is 0 Å². The number of carbonyl (C=O) groups is 1. The van der Waals surface area contributed by atoms with E-state index in [-0.39, 0.29) is 5.91 Å². The first-order valence-electron chi connectivity index (χ1n) is 11.3. The summed E-state index contributed by atoms with van der Waals surface area (Å²) in [6.07, 6.45) is 2.10. The van der Waals surface area contributed by atoms with Gasteiger partial charge in [-0.1, -0.05) is 12.1 Å². The summed E-state index contributed by atoms with van der Waals surface area (Å²) < 4.78 is 7.43. The molecule has 1 amide bonds. The first-order valence-corrected chi connectivity index (χ1v) is 11.3. The number of nitrogens with one attached hydrogen (secondary N) is 2. The Bertz CT molecular complexity index is 1310. The second-order valence-corrected chi connectivity index (χ2v) is 8.56. The van der Waals surface area contributed by atoms with Crippen molar-refractivity contribution in [2.24, 2.45) is 0 Å². The summed E-state index contributed by atoms with van der Waals surface area (Å²) in [7, 11) is 0. The molecule has 4 heterocycles. The van der Waals surface area contributed by atoms with Crippen LogP contribution in [0.25, 0.3) is 27.7 Å². The van der Waals surface area contributed by atoms with E-state index in [0.29, 0.717) is 17.3 Å². The maximum atomic E-state index is 13.0. The standard InChI is InChI=1S/C24H26N6O2/c31-24(26-17-6-7-17)18-15-16-5-8-21(25-9-10-29-11-13-32-14-12-29)28-22(16)30-20-4-2-1-3-19(20)27-23(18)30/h1-5,8,15,17H,6-7,9-14H2,(H,25,28)(H,26,31). The zero-order chi connectivity index (χ0) is 21.5. The summed E-state index contributed by atoms with van der Waals surface area (Å²) >= 11 is 0. The lowest BCUT2D eigenvalue weighted by Gasteiger charge is -2.26. The first-order chi connectivity index (χ1) is 15.8. The minimum Gasteiger partial charge on any atom is -0.379 e. The van der Waals surface area contributed by atoms with E-state index < -0.39 is 0 Å². The molecule has 1 aromatic carbocycles. The average Bonchev–Trinajstić information content (AvgIpc) is 3.55. The van der Waals surface area contributed by atoms with Crippen molar-refractivity contribution in [1.29, 1.82) is 0 Å². The Balaban J connectivity index is 1.38. The number of anilines is 1. The molecule has 1 aliphatic heterocycles. The van der Waals surface area contributed by atoms with Crippen LogP contribution in [0.15, 0.2) is 42.5 Å². The normalized spacial score (nSPS) is 17.2. The van der Waals surface area contributed by atoms with Crippen molar-refractivity contribution in [3.63, 3.8) is 0 Å². The Morgan fingerprint density at radius 1 is 1.06 bits per heavy atom. The monoisotopic (exact) mass is 430 g/mol. The number of morpholine rings is 1. The second kappa shape index (κ2) is 8.03. The van der Waals surface area contributed by atoms with E-state index in [1.807, 2.05) is 46.9 Å². The molecule has 0 bridgehead atoms. The summed E-state index contributed by atoms with van der Waals surface area (Å²) in [6.45, 7) is 5.31. The number of carbonyl (C=O) groups excluding carboxylic acids is 1. The Hall–Kier alpha value is -3.23. The lowest BCUT2D eigenvalue weighted by Crippen LogP contribution is -2.39. The van der Waals surface area contributed by atoms with Crippen molar-refractivity contribution in [2.45, 2.75) is 18.9 Å². The van der Waals surface area contributed by atoms with E-state index in [2.05, 4.69) is 15.5 Å². The molecule has 1 aliphatic carbocycles. The number of nitrogens with zero attached hydrogens (tertiary/aromatic N) is 4. The fourth-order valence-electron chi connectivity index (χ4n) is 4.32. The molecular weight excluding hydrogens is 404 g/mol. The van der Waals surface area contributed by atoms with Crippen molar-refractivity contribution in [2.75, 3.05) is 44.7 Å². The van der Waals surface area contributed by atoms with E-state index in [0.717, 1.165) is 80.1 Å². The van der Waals surface area contributed by atoms with Crippen molar-refractivity contribution in [3.05, 3.63) is 48.0 Å². The summed E-state index contributed by atoms with van der Waals surface area (Å²) in [5, 5.41) is 7.47. The van der Waals surface area contributed by atoms with Gasteiger partial charge in [-0.25, -0.2) is 9.97 Å². The molecule has 8 nitrogen and oxygen atoms in total. The molecule has 0 atom stereocenters. The molecule has 2 aliphatic rings. The number of fused-ring (bicyclic) bond motifs is 5. The molecule has 6 rings (SSSR count). The van der Waals surface area contributed by atoms with Gasteiger partial charge in [0.1, 0.15) is 11.5 Å². The summed E-state index contributed by atoms with van der Waals surface area (Å²) in [6, 6.07) is 14.2. The van der Waals surface area contributed by atoms with Crippen molar-refractivity contribution in [3.8, 4) is 0 Å². The van der Waals surface area contributed by atoms with Gasteiger partial charge in [-0.05, 0) is 43.2 Å². The highest BCUT2D eigenvalue weighted by Gasteiger charge is 2.26. The van der Waals surface area contributed by atoms with E-state index in [9.17, 15) is 4.79 Å². The number of rotatable bonds is 6. The largest absolute Gasteiger partial charge is 0.379 e. The molecule has 1 saturated carbocycles. The molecule has 1 saturated heterocycles. The number of imidazole rings is 1. The lowest BCUT2D eigenvalue weighted by atomic mass is 10.2. The number of ether oxygens (including phenoxy) is 1. The number of pyridine rings is 2. The molecule has 164 valence electrons. The van der Waals surface area contributed by atoms with Crippen LogP contribution in [0.1, 0.15) is 23.2 Å². The van der Waals surface area contributed by atoms with E-state index in [1.54, 1.807) is 0 Å². The molecule has 0 unspecified atom stereocenters. The third-order valence-electron chi connectivity index (χ3n) is 6.21. The lowest BCUT2D eigenvalue weighted by molar-refractivity contribution is 0.0398. The maximum absolute atomic E-state index is 13.0. The first kappa shape index (κ1) is 19.5. The molecule has 3 aromatic heterocycles. The molecule has 0 spiro atoms. The molecular formula is C24H26N6O2. The maximum Gasteiger partial charge on any atom is 0.255 e. The summed E-state index contributed by atoms with van der Waals surface area (Å²) in [5.74, 6) is 0.752. The quantitative estimate of drug-likeness (QED) is 0.489. The van der Waals surface area contributed by atoms with Crippen LogP contribution >= 0.6 is 0 Å². The number of hydrogen-bond acceptors (Lipinski definition) is 6. The van der Waals surface area contributed by atoms with Crippen LogP contribution in [-0.4, -0.2) is 70.6 Å². The predicted molar refractivity (Wildman–Crippen MR) is 124 cm³/mol. The number of hydrogen-bond donors (Lipinski definition) is 2. The Morgan fingerprint density at radius 3 is 2.75 bits per heavy atom. The minimum absolute atomic E-state index is 0.0672. The van der Waals surface area contributed by atoms with Gasteiger partial charge >= 0.3 is 0 Å². The Morgan fingerprint density at radius 2 is 1.91 bits per heavy atom. The van der Waals surface area contributed by atoms with Gasteiger partial charge in [0.15, 0.2) is 5.65 Å². The number of amides is 1. The van der Waals surface area contributed by atoms with Crippen LogP contribution in [0.4, 0.5) is 5.82 Å². The Labute approximate surface area is 185 Å². The zero-order valence-corrected chi connectivity index (χ0v) is 17.9. The summed E-state index contributed by atoms with van der Waals surface area (Å²) in [4.78, 5) is 25.1. The van der Waals surface area contributed by atoms with Gasteiger partial charge in [0.2, 0.25) is 0 Å². The van der Waals surface area contributed by atoms with Crippen LogP contribution in [0, 0.1) is 0 Å². The molecule has 0 radical (unpaired) electrons. The molecule has 2 fully saturated rings. The van der Waals surface area contributed by atoms with Crippen molar-refractivity contribution >= 4 is 39.4 Å². The SMILES string of the molecule is O=C(NC1CC1)c1cc2ccc(NCCN3CCOCC3)nc2n2c1nc1ccccc12. The van der Waals surface area contributed by atoms with Crippen LogP contribution < -0.4 is 10.6 Å². The third kappa shape index (κ3) is 3.65. The highest BCUT2D eigenvalue weighted by atomic mass is 16.5. The van der Waals surface area contributed by atoms with Crippen LogP contribution in [0.3, 0.4) is 0 Å². The van der Waals surface area contributed by atoms with Gasteiger partial charge in [-0.3, -0.25) is 14.1 Å². The second-order valence-electron chi connectivity index (χ2n) is 8.56. The van der Waals surface area contributed by atoms with Crippen molar-refractivity contribution in [1.82, 2.24) is 24.6 Å². The van der Waals surface area contributed by atoms with Crippen LogP contribution in [-0.2, 0) is 4.74 Å². The van der Waals surface area contributed by atoms with Crippen LogP contribution in [0.5, 0.6) is 0 Å². The van der Waals surface area contributed by atoms with Crippen LogP contribution in [0.2, 0.25) is 0 Å². The molecule has 2 N–H and O–H groups in total. The van der Waals surface area contributed by atoms with Gasteiger partial charge in [0, 0.05) is 37.6 Å². The highest BCUT2D eigenvalue weighted by molar-refractivity contribution is 6.05. The van der Waals surface area contributed by atoms with Gasteiger partial charge in [0.25, 0.3) is 5.91 Å². The van der Waals surface area contributed by atoms with E-state index in [4.69, 9.17) is 14.7 Å². The molecule has 4 aromatic rings. The smallest absolute Gasteiger partial charge is 0.255 e. The van der Waals surface area contributed by atoms with Crippen molar-refractivity contribution < 1.29 is 9.53 Å². The zero-order valence-electron chi connectivity index (χ0n) is 17.9.